The third kappa shape index (κ3) is 4.22. The summed E-state index contributed by atoms with van der Waals surface area (Å²) in [6, 6.07) is 3.04. The Hall–Kier alpha value is -2.15. The SMILES string of the molecule is CC(CC(=O)O)NC(=O)c1ccc(Cl)c([N+](=O)[O-])c1. The molecule has 1 rings (SSSR count). The number of nitro groups is 1. The van der Waals surface area contributed by atoms with Gasteiger partial charge in [-0.05, 0) is 19.1 Å². The van der Waals surface area contributed by atoms with Gasteiger partial charge in [-0.15, -0.1) is 0 Å². The van der Waals surface area contributed by atoms with Crippen molar-refractivity contribution in [2.45, 2.75) is 19.4 Å². The molecule has 0 saturated carbocycles. The summed E-state index contributed by atoms with van der Waals surface area (Å²) in [5.74, 6) is -1.64. The lowest BCUT2D eigenvalue weighted by molar-refractivity contribution is -0.384. The molecule has 0 spiro atoms. The number of hydrogen-bond acceptors (Lipinski definition) is 4. The molecule has 0 aliphatic rings. The Bertz CT molecular complexity index is 532. The van der Waals surface area contributed by atoms with Gasteiger partial charge in [0.05, 0.1) is 11.3 Å². The van der Waals surface area contributed by atoms with Crippen LogP contribution in [-0.2, 0) is 4.79 Å². The van der Waals surface area contributed by atoms with Crippen molar-refractivity contribution in [2.24, 2.45) is 0 Å². The van der Waals surface area contributed by atoms with Crippen molar-refractivity contribution in [1.82, 2.24) is 5.32 Å². The van der Waals surface area contributed by atoms with Crippen molar-refractivity contribution in [1.29, 1.82) is 0 Å². The largest absolute Gasteiger partial charge is 0.481 e. The van der Waals surface area contributed by atoms with Gasteiger partial charge in [-0.2, -0.15) is 0 Å². The average molecular weight is 287 g/mol. The summed E-state index contributed by atoms with van der Waals surface area (Å²) >= 11 is 5.62. The molecule has 0 heterocycles. The summed E-state index contributed by atoms with van der Waals surface area (Å²) in [5, 5.41) is 21.6. The van der Waals surface area contributed by atoms with E-state index in [0.29, 0.717) is 0 Å². The number of halogens is 1. The van der Waals surface area contributed by atoms with Gasteiger partial charge in [0.15, 0.2) is 0 Å². The van der Waals surface area contributed by atoms with Crippen molar-refractivity contribution in [3.8, 4) is 0 Å². The van der Waals surface area contributed by atoms with Gasteiger partial charge >= 0.3 is 5.97 Å². The standard InChI is InChI=1S/C11H11ClN2O5/c1-6(4-10(15)16)13-11(17)7-2-3-8(12)9(5-7)14(18)19/h2-3,5-6H,4H2,1H3,(H,13,17)(H,15,16). The van der Waals surface area contributed by atoms with Crippen LogP contribution >= 0.6 is 11.6 Å². The Morgan fingerprint density at radius 2 is 2.16 bits per heavy atom. The maximum Gasteiger partial charge on any atom is 0.305 e. The van der Waals surface area contributed by atoms with E-state index in [9.17, 15) is 19.7 Å². The first-order valence-electron chi connectivity index (χ1n) is 5.28. The highest BCUT2D eigenvalue weighted by Gasteiger charge is 2.18. The lowest BCUT2D eigenvalue weighted by Crippen LogP contribution is -2.34. The fourth-order valence-corrected chi connectivity index (χ4v) is 1.60. The number of amides is 1. The van der Waals surface area contributed by atoms with Gasteiger partial charge in [0.1, 0.15) is 5.02 Å². The number of nitrogens with zero attached hydrogens (tertiary/aromatic N) is 1. The monoisotopic (exact) mass is 286 g/mol. The lowest BCUT2D eigenvalue weighted by atomic mass is 10.1. The molecule has 0 aliphatic carbocycles. The predicted molar refractivity (Wildman–Crippen MR) is 67.3 cm³/mol. The summed E-state index contributed by atoms with van der Waals surface area (Å²) in [6.45, 7) is 1.52. The molecule has 1 aromatic rings. The number of rotatable bonds is 5. The number of nitro benzene ring substituents is 1. The van der Waals surface area contributed by atoms with Gasteiger partial charge in [0.2, 0.25) is 0 Å². The van der Waals surface area contributed by atoms with Crippen LogP contribution in [-0.4, -0.2) is 27.9 Å². The minimum absolute atomic E-state index is 0.0494. The summed E-state index contributed by atoms with van der Waals surface area (Å²) in [5.41, 5.74) is -0.325. The summed E-state index contributed by atoms with van der Waals surface area (Å²) in [7, 11) is 0. The number of nitrogens with one attached hydrogen (secondary N) is 1. The number of carbonyl (C=O) groups is 2. The topological polar surface area (TPSA) is 110 Å². The van der Waals surface area contributed by atoms with Crippen LogP contribution < -0.4 is 5.32 Å². The molecule has 1 aromatic carbocycles. The van der Waals surface area contributed by atoms with E-state index in [4.69, 9.17) is 16.7 Å². The third-order valence-corrected chi connectivity index (χ3v) is 2.58. The molecule has 7 nitrogen and oxygen atoms in total. The van der Waals surface area contributed by atoms with Gasteiger partial charge in [0.25, 0.3) is 11.6 Å². The van der Waals surface area contributed by atoms with Crippen LogP contribution in [0.1, 0.15) is 23.7 Å². The predicted octanol–water partition coefficient (Wildman–Crippen LogP) is 1.84. The first-order chi connectivity index (χ1) is 8.81. The maximum absolute atomic E-state index is 11.8. The fraction of sp³-hybridized carbons (Fsp3) is 0.273. The first-order valence-corrected chi connectivity index (χ1v) is 5.65. The summed E-state index contributed by atoms with van der Waals surface area (Å²) in [4.78, 5) is 32.2. The molecular weight excluding hydrogens is 276 g/mol. The Morgan fingerprint density at radius 3 is 2.68 bits per heavy atom. The summed E-state index contributed by atoms with van der Waals surface area (Å²) in [6.07, 6.45) is -0.235. The quantitative estimate of drug-likeness (QED) is 0.634. The van der Waals surface area contributed by atoms with E-state index >= 15 is 0 Å². The Morgan fingerprint density at radius 1 is 1.53 bits per heavy atom. The van der Waals surface area contributed by atoms with Crippen LogP contribution in [0, 0.1) is 10.1 Å². The van der Waals surface area contributed by atoms with E-state index in [1.807, 2.05) is 0 Å². The van der Waals surface area contributed by atoms with Gasteiger partial charge < -0.3 is 10.4 Å². The highest BCUT2D eigenvalue weighted by atomic mass is 35.5. The van der Waals surface area contributed by atoms with E-state index in [1.165, 1.54) is 19.1 Å². The maximum atomic E-state index is 11.8. The number of hydrogen-bond donors (Lipinski definition) is 2. The van der Waals surface area contributed by atoms with Gasteiger partial charge in [-0.1, -0.05) is 11.6 Å². The van der Waals surface area contributed by atoms with Crippen molar-refractivity contribution in [3.63, 3.8) is 0 Å². The molecule has 1 atom stereocenters. The second-order valence-electron chi connectivity index (χ2n) is 3.90. The molecule has 0 fully saturated rings. The van der Waals surface area contributed by atoms with E-state index in [0.717, 1.165) is 6.07 Å². The molecule has 0 radical (unpaired) electrons. The number of benzene rings is 1. The molecule has 0 aliphatic heterocycles. The smallest absolute Gasteiger partial charge is 0.305 e. The van der Waals surface area contributed by atoms with Crippen molar-refractivity contribution >= 4 is 29.2 Å². The highest BCUT2D eigenvalue weighted by Crippen LogP contribution is 2.25. The zero-order valence-electron chi connectivity index (χ0n) is 9.92. The zero-order chi connectivity index (χ0) is 14.6. The molecular formula is C11H11ClN2O5. The van der Waals surface area contributed by atoms with Gasteiger partial charge in [0, 0.05) is 17.7 Å². The van der Waals surface area contributed by atoms with Crippen molar-refractivity contribution in [2.75, 3.05) is 0 Å². The Labute approximate surface area is 113 Å². The van der Waals surface area contributed by atoms with Crippen molar-refractivity contribution in [3.05, 3.63) is 38.9 Å². The van der Waals surface area contributed by atoms with Crippen LogP contribution in [0.3, 0.4) is 0 Å². The van der Waals surface area contributed by atoms with Crippen LogP contribution in [0.4, 0.5) is 5.69 Å². The third-order valence-electron chi connectivity index (χ3n) is 2.26. The van der Waals surface area contributed by atoms with Gasteiger partial charge in [-0.3, -0.25) is 19.7 Å². The van der Waals surface area contributed by atoms with E-state index in [2.05, 4.69) is 5.32 Å². The van der Waals surface area contributed by atoms with Gasteiger partial charge in [-0.25, -0.2) is 0 Å². The van der Waals surface area contributed by atoms with Crippen LogP contribution in [0.2, 0.25) is 5.02 Å². The van der Waals surface area contributed by atoms with Crippen molar-refractivity contribution < 1.29 is 19.6 Å². The second kappa shape index (κ2) is 6.14. The Kier molecular flexibility index (Phi) is 4.82. The number of carboxylic acids is 1. The van der Waals surface area contributed by atoms with Crippen LogP contribution in [0.25, 0.3) is 0 Å². The van der Waals surface area contributed by atoms with E-state index < -0.39 is 22.8 Å². The van der Waals surface area contributed by atoms with Crippen LogP contribution in [0.5, 0.6) is 0 Å². The molecule has 19 heavy (non-hydrogen) atoms. The second-order valence-corrected chi connectivity index (χ2v) is 4.30. The molecule has 0 aromatic heterocycles. The molecule has 0 bridgehead atoms. The normalized spacial score (nSPS) is 11.7. The molecule has 1 unspecified atom stereocenters. The number of carboxylic acid groups (broad SMARTS) is 1. The van der Waals surface area contributed by atoms with E-state index in [-0.39, 0.29) is 22.7 Å². The molecule has 0 saturated heterocycles. The van der Waals surface area contributed by atoms with E-state index in [1.54, 1.807) is 0 Å². The number of carbonyl (C=O) groups excluding carboxylic acids is 1. The molecule has 8 heteroatoms. The minimum atomic E-state index is -1.05. The fourth-order valence-electron chi connectivity index (χ4n) is 1.41. The first kappa shape index (κ1) is 14.9. The molecule has 102 valence electrons. The molecule has 1 amide bonds. The highest BCUT2D eigenvalue weighted by molar-refractivity contribution is 6.32. The summed E-state index contributed by atoms with van der Waals surface area (Å²) < 4.78 is 0. The minimum Gasteiger partial charge on any atom is -0.481 e. The van der Waals surface area contributed by atoms with Crippen LogP contribution in [0.15, 0.2) is 18.2 Å². The average Bonchev–Trinajstić information content (AvgIpc) is 2.27. The molecule has 2 N–H and O–H groups in total. The lowest BCUT2D eigenvalue weighted by Gasteiger charge is -2.11. The Balaban J connectivity index is 2.86. The number of aliphatic carboxylic acids is 1. The zero-order valence-corrected chi connectivity index (χ0v) is 10.7.